The van der Waals surface area contributed by atoms with Crippen molar-refractivity contribution in [1.29, 1.82) is 0 Å². The quantitative estimate of drug-likeness (QED) is 0.896. The molecule has 1 aromatic carbocycles. The molecule has 2 rings (SSSR count). The van der Waals surface area contributed by atoms with Gasteiger partial charge in [0.25, 0.3) is 0 Å². The highest BCUT2D eigenvalue weighted by atomic mass is 32.2. The Kier molecular flexibility index (Phi) is 5.11. The number of carbonyl (C=O) groups excluding carboxylic acids is 1. The van der Waals surface area contributed by atoms with Crippen molar-refractivity contribution in [2.45, 2.75) is 32.7 Å². The SMILES string of the molecule is Cc1ccc(C)c(NCCC(=O)N(C)C2CCS(=O)(=O)C2)c1. The first-order valence-corrected chi connectivity index (χ1v) is 9.38. The number of rotatable bonds is 5. The Balaban J connectivity index is 1.84. The van der Waals surface area contributed by atoms with Crippen LogP contribution in [0, 0.1) is 13.8 Å². The molecule has 0 aliphatic carbocycles. The van der Waals surface area contributed by atoms with Crippen molar-refractivity contribution in [2.75, 3.05) is 30.4 Å². The van der Waals surface area contributed by atoms with Gasteiger partial charge in [-0.2, -0.15) is 0 Å². The fourth-order valence-corrected chi connectivity index (χ4v) is 4.47. The third-order valence-electron chi connectivity index (χ3n) is 4.20. The summed E-state index contributed by atoms with van der Waals surface area (Å²) >= 11 is 0. The van der Waals surface area contributed by atoms with Crippen LogP contribution < -0.4 is 5.32 Å². The van der Waals surface area contributed by atoms with E-state index in [0.717, 1.165) is 11.3 Å². The van der Waals surface area contributed by atoms with Crippen molar-refractivity contribution in [3.63, 3.8) is 0 Å². The minimum atomic E-state index is -2.96. The zero-order chi connectivity index (χ0) is 16.3. The number of nitrogens with zero attached hydrogens (tertiary/aromatic N) is 1. The van der Waals surface area contributed by atoms with Crippen LogP contribution in [0.25, 0.3) is 0 Å². The van der Waals surface area contributed by atoms with Crippen LogP contribution in [0.15, 0.2) is 18.2 Å². The number of benzene rings is 1. The van der Waals surface area contributed by atoms with E-state index in [1.54, 1.807) is 11.9 Å². The van der Waals surface area contributed by atoms with E-state index >= 15 is 0 Å². The van der Waals surface area contributed by atoms with Gasteiger partial charge in [0.1, 0.15) is 0 Å². The molecule has 1 aliphatic rings. The van der Waals surface area contributed by atoms with Crippen molar-refractivity contribution in [1.82, 2.24) is 4.90 Å². The molecule has 1 amide bonds. The van der Waals surface area contributed by atoms with E-state index < -0.39 is 9.84 Å². The maximum absolute atomic E-state index is 12.2. The van der Waals surface area contributed by atoms with Crippen LogP contribution in [0.3, 0.4) is 0 Å². The molecule has 1 aromatic rings. The molecule has 22 heavy (non-hydrogen) atoms. The van der Waals surface area contributed by atoms with Gasteiger partial charge in [-0.05, 0) is 37.5 Å². The summed E-state index contributed by atoms with van der Waals surface area (Å²) in [6.45, 7) is 4.61. The maximum Gasteiger partial charge on any atom is 0.224 e. The highest BCUT2D eigenvalue weighted by Crippen LogP contribution is 2.18. The lowest BCUT2D eigenvalue weighted by Crippen LogP contribution is -2.38. The molecule has 0 radical (unpaired) electrons. The van der Waals surface area contributed by atoms with Crippen molar-refractivity contribution >= 4 is 21.4 Å². The Morgan fingerprint density at radius 2 is 2.09 bits per heavy atom. The fourth-order valence-electron chi connectivity index (χ4n) is 2.69. The zero-order valence-electron chi connectivity index (χ0n) is 13.4. The number of aryl methyl sites for hydroxylation is 2. The van der Waals surface area contributed by atoms with E-state index in [2.05, 4.69) is 23.5 Å². The smallest absolute Gasteiger partial charge is 0.224 e. The molecule has 1 fully saturated rings. The van der Waals surface area contributed by atoms with E-state index in [1.807, 2.05) is 13.8 Å². The number of hydrogen-bond acceptors (Lipinski definition) is 4. The molecule has 1 N–H and O–H groups in total. The first kappa shape index (κ1) is 16.8. The predicted molar refractivity (Wildman–Crippen MR) is 88.9 cm³/mol. The minimum absolute atomic E-state index is 0.0140. The second kappa shape index (κ2) is 6.69. The monoisotopic (exact) mass is 324 g/mol. The van der Waals surface area contributed by atoms with Crippen molar-refractivity contribution < 1.29 is 13.2 Å². The Morgan fingerprint density at radius 1 is 1.36 bits per heavy atom. The standard InChI is InChI=1S/C16H24N2O3S/c1-12-4-5-13(2)15(10-12)17-8-6-16(19)18(3)14-7-9-22(20,21)11-14/h4-5,10,14,17H,6-9,11H2,1-3H3. The number of amides is 1. The largest absolute Gasteiger partial charge is 0.384 e. The van der Waals surface area contributed by atoms with Gasteiger partial charge in [-0.25, -0.2) is 8.42 Å². The number of carbonyl (C=O) groups is 1. The first-order chi connectivity index (χ1) is 10.3. The molecule has 5 nitrogen and oxygen atoms in total. The second-order valence-corrected chi connectivity index (χ2v) is 8.29. The predicted octanol–water partition coefficient (Wildman–Crippen LogP) is 1.75. The summed E-state index contributed by atoms with van der Waals surface area (Å²) in [6, 6.07) is 6.00. The van der Waals surface area contributed by atoms with Crippen molar-refractivity contribution in [3.05, 3.63) is 29.3 Å². The van der Waals surface area contributed by atoms with E-state index in [4.69, 9.17) is 0 Å². The van der Waals surface area contributed by atoms with Gasteiger partial charge >= 0.3 is 0 Å². The van der Waals surface area contributed by atoms with Crippen molar-refractivity contribution in [2.24, 2.45) is 0 Å². The maximum atomic E-state index is 12.2. The average Bonchev–Trinajstić information content (AvgIpc) is 2.82. The normalized spacial score (nSPS) is 19.9. The molecule has 0 aromatic heterocycles. The lowest BCUT2D eigenvalue weighted by Gasteiger charge is -2.23. The first-order valence-electron chi connectivity index (χ1n) is 7.56. The topological polar surface area (TPSA) is 66.5 Å². The van der Waals surface area contributed by atoms with Crippen LogP contribution in [0.5, 0.6) is 0 Å². The van der Waals surface area contributed by atoms with E-state index in [-0.39, 0.29) is 23.5 Å². The summed E-state index contributed by atoms with van der Waals surface area (Å²) in [6.07, 6.45) is 0.912. The summed E-state index contributed by atoms with van der Waals surface area (Å²) in [5.41, 5.74) is 3.36. The highest BCUT2D eigenvalue weighted by Gasteiger charge is 2.32. The Bertz CT molecular complexity index is 655. The molecule has 0 saturated carbocycles. The van der Waals surface area contributed by atoms with Crippen LogP contribution in [-0.4, -0.2) is 50.4 Å². The van der Waals surface area contributed by atoms with Crippen molar-refractivity contribution in [3.8, 4) is 0 Å². The van der Waals surface area contributed by atoms with Gasteiger partial charge < -0.3 is 10.2 Å². The van der Waals surface area contributed by atoms with Gasteiger partial charge in [0, 0.05) is 31.7 Å². The molecule has 1 aliphatic heterocycles. The molecule has 122 valence electrons. The van der Waals surface area contributed by atoms with E-state index in [0.29, 0.717) is 19.4 Å². The number of anilines is 1. The molecule has 1 heterocycles. The number of sulfone groups is 1. The summed E-state index contributed by atoms with van der Waals surface area (Å²) in [7, 11) is -1.26. The van der Waals surface area contributed by atoms with Crippen LogP contribution in [0.1, 0.15) is 24.0 Å². The zero-order valence-corrected chi connectivity index (χ0v) is 14.2. The average molecular weight is 324 g/mol. The van der Waals surface area contributed by atoms with Gasteiger partial charge in [-0.15, -0.1) is 0 Å². The van der Waals surface area contributed by atoms with Crippen LogP contribution >= 0.6 is 0 Å². The molecule has 0 spiro atoms. The molecule has 0 bridgehead atoms. The van der Waals surface area contributed by atoms with Crippen LogP contribution in [-0.2, 0) is 14.6 Å². The lowest BCUT2D eigenvalue weighted by molar-refractivity contribution is -0.131. The Labute approximate surface area is 132 Å². The molecule has 1 saturated heterocycles. The van der Waals surface area contributed by atoms with Crippen LogP contribution in [0.4, 0.5) is 5.69 Å². The Morgan fingerprint density at radius 3 is 2.73 bits per heavy atom. The number of nitrogens with one attached hydrogen (secondary N) is 1. The van der Waals surface area contributed by atoms with Gasteiger partial charge in [0.15, 0.2) is 9.84 Å². The van der Waals surface area contributed by atoms with Gasteiger partial charge in [-0.3, -0.25) is 4.79 Å². The molecular weight excluding hydrogens is 300 g/mol. The molecular formula is C16H24N2O3S. The Hall–Kier alpha value is -1.56. The van der Waals surface area contributed by atoms with Crippen LogP contribution in [0.2, 0.25) is 0 Å². The minimum Gasteiger partial charge on any atom is -0.384 e. The van der Waals surface area contributed by atoms with E-state index in [1.165, 1.54) is 5.56 Å². The molecule has 1 atom stereocenters. The van der Waals surface area contributed by atoms with E-state index in [9.17, 15) is 13.2 Å². The summed E-state index contributed by atoms with van der Waals surface area (Å²) in [4.78, 5) is 13.8. The van der Waals surface area contributed by atoms with Gasteiger partial charge in [-0.1, -0.05) is 12.1 Å². The third kappa shape index (κ3) is 4.22. The van der Waals surface area contributed by atoms with Gasteiger partial charge in [0.05, 0.1) is 11.5 Å². The molecule has 1 unspecified atom stereocenters. The number of hydrogen-bond donors (Lipinski definition) is 1. The highest BCUT2D eigenvalue weighted by molar-refractivity contribution is 7.91. The summed E-state index contributed by atoms with van der Waals surface area (Å²) < 4.78 is 23.0. The molecule has 6 heteroatoms. The fraction of sp³-hybridized carbons (Fsp3) is 0.562. The second-order valence-electron chi connectivity index (χ2n) is 6.06. The summed E-state index contributed by atoms with van der Waals surface area (Å²) in [5, 5.41) is 3.28. The van der Waals surface area contributed by atoms with Gasteiger partial charge in [0.2, 0.25) is 5.91 Å². The third-order valence-corrected chi connectivity index (χ3v) is 5.95. The lowest BCUT2D eigenvalue weighted by atomic mass is 10.1. The summed E-state index contributed by atoms with van der Waals surface area (Å²) in [5.74, 6) is 0.273.